The van der Waals surface area contributed by atoms with E-state index >= 15 is 0 Å². The normalized spacial score (nSPS) is 20.7. The van der Waals surface area contributed by atoms with Gasteiger partial charge in [-0.2, -0.15) is 0 Å². The predicted octanol–water partition coefficient (Wildman–Crippen LogP) is 4.95. The van der Waals surface area contributed by atoms with Gasteiger partial charge < -0.3 is 10.1 Å². The van der Waals surface area contributed by atoms with E-state index in [0.29, 0.717) is 12.0 Å². The van der Waals surface area contributed by atoms with E-state index in [-0.39, 0.29) is 11.6 Å². The average Bonchev–Trinajstić information content (AvgIpc) is 2.44. The summed E-state index contributed by atoms with van der Waals surface area (Å²) in [5.74, 6) is 0.550. The van der Waals surface area contributed by atoms with Gasteiger partial charge in [0.15, 0.2) is 11.6 Å². The van der Waals surface area contributed by atoms with Crippen molar-refractivity contribution >= 4 is 21.6 Å². The lowest BCUT2D eigenvalue weighted by atomic mass is 9.76. The summed E-state index contributed by atoms with van der Waals surface area (Å²) in [6, 6.07) is 13.8. The summed E-state index contributed by atoms with van der Waals surface area (Å²) in [6.45, 7) is 0. The molecule has 0 radical (unpaired) electrons. The first-order valence-corrected chi connectivity index (χ1v) is 7.80. The molecular weight excluding hydrogens is 333 g/mol. The highest BCUT2D eigenvalue weighted by atomic mass is 79.9. The molecule has 3 rings (SSSR count). The van der Waals surface area contributed by atoms with Gasteiger partial charge in [0, 0.05) is 22.3 Å². The Morgan fingerprint density at radius 3 is 2.71 bits per heavy atom. The molecule has 0 amide bonds. The molecule has 0 atom stereocenters. The van der Waals surface area contributed by atoms with Crippen LogP contribution in [0.2, 0.25) is 0 Å². The molecule has 2 nitrogen and oxygen atoms in total. The summed E-state index contributed by atoms with van der Waals surface area (Å²) in [4.78, 5) is 0. The summed E-state index contributed by atoms with van der Waals surface area (Å²) < 4.78 is 19.5. The van der Waals surface area contributed by atoms with E-state index in [4.69, 9.17) is 4.74 Å². The fourth-order valence-electron chi connectivity index (χ4n) is 2.75. The number of rotatable bonds is 4. The van der Waals surface area contributed by atoms with Crippen molar-refractivity contribution in [3.8, 4) is 5.75 Å². The van der Waals surface area contributed by atoms with Gasteiger partial charge in [-0.15, -0.1) is 0 Å². The van der Waals surface area contributed by atoms with Crippen molar-refractivity contribution in [2.75, 3.05) is 12.4 Å². The van der Waals surface area contributed by atoms with Crippen LogP contribution in [0.15, 0.2) is 46.9 Å². The molecule has 1 aliphatic carbocycles. The summed E-state index contributed by atoms with van der Waals surface area (Å²) >= 11 is 3.51. The molecule has 21 heavy (non-hydrogen) atoms. The van der Waals surface area contributed by atoms with Crippen LogP contribution in [-0.2, 0) is 0 Å². The van der Waals surface area contributed by atoms with Gasteiger partial charge in [-0.25, -0.2) is 4.39 Å². The number of hydrogen-bond donors (Lipinski definition) is 1. The summed E-state index contributed by atoms with van der Waals surface area (Å²) in [5.41, 5.74) is 2.28. The van der Waals surface area contributed by atoms with Gasteiger partial charge in [0.1, 0.15) is 0 Å². The van der Waals surface area contributed by atoms with E-state index in [1.54, 1.807) is 12.1 Å². The first-order chi connectivity index (χ1) is 10.2. The number of benzene rings is 2. The van der Waals surface area contributed by atoms with E-state index in [0.717, 1.165) is 23.0 Å². The third-order valence-corrected chi connectivity index (χ3v) is 4.47. The highest BCUT2D eigenvalue weighted by Gasteiger charge is 2.30. The van der Waals surface area contributed by atoms with Crippen molar-refractivity contribution in [2.45, 2.75) is 24.8 Å². The number of hydrogen-bond acceptors (Lipinski definition) is 2. The van der Waals surface area contributed by atoms with Gasteiger partial charge in [-0.05, 0) is 48.6 Å². The van der Waals surface area contributed by atoms with Crippen LogP contribution in [0.1, 0.15) is 24.3 Å². The van der Waals surface area contributed by atoms with Crippen LogP contribution in [0, 0.1) is 5.82 Å². The van der Waals surface area contributed by atoms with Gasteiger partial charge in [-0.3, -0.25) is 0 Å². The van der Waals surface area contributed by atoms with E-state index in [1.165, 1.54) is 18.7 Å². The van der Waals surface area contributed by atoms with E-state index in [1.807, 2.05) is 6.07 Å². The van der Waals surface area contributed by atoms with E-state index in [2.05, 4.69) is 39.4 Å². The Morgan fingerprint density at radius 2 is 2.00 bits per heavy atom. The zero-order valence-electron chi connectivity index (χ0n) is 11.8. The van der Waals surface area contributed by atoms with Crippen LogP contribution in [0.5, 0.6) is 5.75 Å². The first kappa shape index (κ1) is 14.4. The highest BCUT2D eigenvalue weighted by Crippen LogP contribution is 2.39. The molecule has 0 bridgehead atoms. The fourth-order valence-corrected chi connectivity index (χ4v) is 3.17. The Kier molecular flexibility index (Phi) is 4.15. The van der Waals surface area contributed by atoms with Gasteiger partial charge in [0.2, 0.25) is 0 Å². The minimum atomic E-state index is -0.330. The maximum absolute atomic E-state index is 13.4. The number of nitrogens with one attached hydrogen (secondary N) is 1. The molecule has 1 N–H and O–H groups in total. The number of anilines is 1. The molecule has 1 fully saturated rings. The lowest BCUT2D eigenvalue weighted by Gasteiger charge is -2.37. The van der Waals surface area contributed by atoms with Crippen LogP contribution in [0.3, 0.4) is 0 Å². The van der Waals surface area contributed by atoms with Crippen molar-refractivity contribution in [3.63, 3.8) is 0 Å². The second kappa shape index (κ2) is 6.06. The number of halogens is 2. The molecule has 2 aromatic carbocycles. The fraction of sp³-hybridized carbons (Fsp3) is 0.294. The summed E-state index contributed by atoms with van der Waals surface area (Å²) in [6.07, 6.45) is 2.19. The third-order valence-electron chi connectivity index (χ3n) is 3.98. The van der Waals surface area contributed by atoms with Gasteiger partial charge in [0.25, 0.3) is 0 Å². The Hall–Kier alpha value is -1.55. The Bertz CT molecular complexity index is 640. The summed E-state index contributed by atoms with van der Waals surface area (Å²) in [5, 5.41) is 3.44. The molecule has 0 aromatic heterocycles. The number of ether oxygens (including phenoxy) is 1. The van der Waals surface area contributed by atoms with Crippen LogP contribution >= 0.6 is 15.9 Å². The van der Waals surface area contributed by atoms with Crippen molar-refractivity contribution in [2.24, 2.45) is 0 Å². The largest absolute Gasteiger partial charge is 0.494 e. The van der Waals surface area contributed by atoms with Crippen molar-refractivity contribution in [3.05, 3.63) is 58.3 Å². The van der Waals surface area contributed by atoms with Crippen LogP contribution in [0.25, 0.3) is 0 Å². The molecule has 4 heteroatoms. The Labute approximate surface area is 132 Å². The Balaban J connectivity index is 1.60. The van der Waals surface area contributed by atoms with Crippen molar-refractivity contribution in [1.29, 1.82) is 0 Å². The quantitative estimate of drug-likeness (QED) is 0.842. The lowest BCUT2D eigenvalue weighted by molar-refractivity contribution is 0.372. The Morgan fingerprint density at radius 1 is 1.19 bits per heavy atom. The molecule has 0 saturated heterocycles. The molecule has 0 heterocycles. The zero-order chi connectivity index (χ0) is 14.8. The highest BCUT2D eigenvalue weighted by molar-refractivity contribution is 9.10. The monoisotopic (exact) mass is 349 g/mol. The maximum Gasteiger partial charge on any atom is 0.165 e. The molecule has 0 spiro atoms. The molecule has 0 aliphatic heterocycles. The second-order valence-electron chi connectivity index (χ2n) is 5.41. The zero-order valence-corrected chi connectivity index (χ0v) is 13.4. The molecule has 2 aromatic rings. The van der Waals surface area contributed by atoms with Gasteiger partial charge >= 0.3 is 0 Å². The number of methoxy groups -OCH3 is 1. The first-order valence-electron chi connectivity index (χ1n) is 7.01. The van der Waals surface area contributed by atoms with E-state index < -0.39 is 0 Å². The molecule has 110 valence electrons. The third kappa shape index (κ3) is 3.21. The maximum atomic E-state index is 13.4. The van der Waals surface area contributed by atoms with E-state index in [9.17, 15) is 4.39 Å². The molecular formula is C17H17BrFNO. The second-order valence-corrected chi connectivity index (χ2v) is 6.33. The van der Waals surface area contributed by atoms with Gasteiger partial charge in [0.05, 0.1) is 7.11 Å². The molecule has 0 unspecified atom stereocenters. The smallest absolute Gasteiger partial charge is 0.165 e. The molecule has 1 saturated carbocycles. The van der Waals surface area contributed by atoms with Crippen LogP contribution in [-0.4, -0.2) is 13.2 Å². The van der Waals surface area contributed by atoms with Crippen LogP contribution < -0.4 is 10.1 Å². The van der Waals surface area contributed by atoms with Gasteiger partial charge in [-0.1, -0.05) is 28.1 Å². The predicted molar refractivity (Wildman–Crippen MR) is 86.5 cm³/mol. The minimum Gasteiger partial charge on any atom is -0.494 e. The lowest BCUT2D eigenvalue weighted by Crippen LogP contribution is -2.34. The standard InChI is InChI=1S/C17H17BrFNO/c1-21-17-10-14(5-6-16(17)19)20-15-8-12(9-15)11-3-2-4-13(18)7-11/h2-7,10,12,15,20H,8-9H2,1H3. The summed E-state index contributed by atoms with van der Waals surface area (Å²) in [7, 11) is 1.48. The topological polar surface area (TPSA) is 21.3 Å². The van der Waals surface area contributed by atoms with Crippen LogP contribution in [0.4, 0.5) is 10.1 Å². The van der Waals surface area contributed by atoms with Crippen molar-refractivity contribution < 1.29 is 9.13 Å². The average molecular weight is 350 g/mol. The van der Waals surface area contributed by atoms with Crippen molar-refractivity contribution in [1.82, 2.24) is 0 Å². The SMILES string of the molecule is COc1cc(NC2CC(c3cccc(Br)c3)C2)ccc1F. The minimum absolute atomic E-state index is 0.280. The molecule has 1 aliphatic rings.